The summed E-state index contributed by atoms with van der Waals surface area (Å²) >= 11 is 0. The van der Waals surface area contributed by atoms with Gasteiger partial charge in [0.2, 0.25) is 5.91 Å². The Morgan fingerprint density at radius 3 is 2.80 bits per heavy atom. The van der Waals surface area contributed by atoms with Crippen molar-refractivity contribution in [3.63, 3.8) is 0 Å². The number of carbonyl (C=O) groups excluding carboxylic acids is 1. The summed E-state index contributed by atoms with van der Waals surface area (Å²) in [5.41, 5.74) is 5.60. The van der Waals surface area contributed by atoms with Crippen LogP contribution < -0.4 is 10.1 Å². The maximum absolute atomic E-state index is 12.5. The Bertz CT molecular complexity index is 980. The Labute approximate surface area is 179 Å². The van der Waals surface area contributed by atoms with E-state index in [9.17, 15) is 4.79 Å². The first-order valence-corrected chi connectivity index (χ1v) is 11.5. The molecule has 30 heavy (non-hydrogen) atoms. The Morgan fingerprint density at radius 1 is 1.17 bits per heavy atom. The second-order valence-electron chi connectivity index (χ2n) is 8.46. The quantitative estimate of drug-likeness (QED) is 0.444. The van der Waals surface area contributed by atoms with Crippen molar-refractivity contribution in [2.24, 2.45) is 0 Å². The number of amides is 1. The molecule has 0 bridgehead atoms. The predicted octanol–water partition coefficient (Wildman–Crippen LogP) is 6.12. The third kappa shape index (κ3) is 4.63. The van der Waals surface area contributed by atoms with E-state index in [1.54, 1.807) is 6.08 Å². The van der Waals surface area contributed by atoms with Crippen molar-refractivity contribution in [2.45, 2.75) is 71.6 Å². The second-order valence-corrected chi connectivity index (χ2v) is 8.46. The summed E-state index contributed by atoms with van der Waals surface area (Å²) in [6.45, 7) is 5.24. The van der Waals surface area contributed by atoms with Gasteiger partial charge in [0.05, 0.1) is 6.61 Å². The number of hydrogen-bond donors (Lipinski definition) is 1. The van der Waals surface area contributed by atoms with Gasteiger partial charge in [0, 0.05) is 41.6 Å². The minimum atomic E-state index is -0.0410. The fourth-order valence-corrected chi connectivity index (χ4v) is 4.68. The van der Waals surface area contributed by atoms with E-state index in [-0.39, 0.29) is 5.91 Å². The van der Waals surface area contributed by atoms with Crippen LogP contribution in [0.25, 0.3) is 16.5 Å². The monoisotopic (exact) mass is 407 g/mol. The molecule has 0 saturated carbocycles. The molecule has 0 fully saturated rings. The maximum Gasteiger partial charge on any atom is 0.244 e. The van der Waals surface area contributed by atoms with E-state index in [1.165, 1.54) is 55.0 Å². The van der Waals surface area contributed by atoms with Crippen molar-refractivity contribution in [1.82, 2.24) is 5.32 Å². The highest BCUT2D eigenvalue weighted by molar-refractivity contribution is 5.97. The molecule has 160 valence electrons. The molecule has 1 aromatic carbocycles. The van der Waals surface area contributed by atoms with Gasteiger partial charge in [-0.1, -0.05) is 11.6 Å². The van der Waals surface area contributed by atoms with E-state index >= 15 is 0 Å². The lowest BCUT2D eigenvalue weighted by molar-refractivity contribution is -0.116. The van der Waals surface area contributed by atoms with Crippen molar-refractivity contribution >= 4 is 22.4 Å². The van der Waals surface area contributed by atoms with Crippen LogP contribution in [0.4, 0.5) is 0 Å². The van der Waals surface area contributed by atoms with Crippen molar-refractivity contribution in [3.05, 3.63) is 46.7 Å². The maximum atomic E-state index is 12.5. The highest BCUT2D eigenvalue weighted by atomic mass is 16.5. The normalized spacial score (nSPS) is 16.9. The Morgan fingerprint density at radius 2 is 2.00 bits per heavy atom. The molecule has 1 heterocycles. The van der Waals surface area contributed by atoms with Crippen molar-refractivity contribution < 1.29 is 13.9 Å². The number of nitrogens with one attached hydrogen (secondary N) is 1. The molecule has 2 aromatic rings. The first-order chi connectivity index (χ1) is 14.7. The number of fused-ring (bicyclic) bond motifs is 3. The van der Waals surface area contributed by atoms with Crippen molar-refractivity contribution in [1.29, 1.82) is 0 Å². The van der Waals surface area contributed by atoms with Gasteiger partial charge in [-0.3, -0.25) is 4.79 Å². The number of allylic oxidation sites excluding steroid dienone is 2. The zero-order valence-corrected chi connectivity index (χ0v) is 18.3. The van der Waals surface area contributed by atoms with Crippen LogP contribution >= 0.6 is 0 Å². The van der Waals surface area contributed by atoms with Crippen LogP contribution in [0.3, 0.4) is 0 Å². The predicted molar refractivity (Wildman–Crippen MR) is 122 cm³/mol. The summed E-state index contributed by atoms with van der Waals surface area (Å²) < 4.78 is 12.0. The number of rotatable bonds is 7. The Hall–Kier alpha value is -2.49. The van der Waals surface area contributed by atoms with E-state index in [0.29, 0.717) is 13.2 Å². The number of benzene rings is 1. The molecule has 4 nitrogen and oxygen atoms in total. The summed E-state index contributed by atoms with van der Waals surface area (Å²) in [6.07, 6.45) is 14.4. The summed E-state index contributed by atoms with van der Waals surface area (Å²) in [7, 11) is 0. The van der Waals surface area contributed by atoms with Gasteiger partial charge in [-0.05, 0) is 76.9 Å². The van der Waals surface area contributed by atoms with Crippen LogP contribution in [-0.2, 0) is 17.6 Å². The number of aryl methyl sites for hydroxylation is 2. The largest absolute Gasteiger partial charge is 0.493 e. The molecule has 1 N–H and O–H groups in total. The number of ether oxygens (including phenoxy) is 1. The van der Waals surface area contributed by atoms with Crippen LogP contribution in [0, 0.1) is 0 Å². The molecule has 1 aromatic heterocycles. The van der Waals surface area contributed by atoms with Crippen LogP contribution in [0.1, 0.15) is 75.7 Å². The first kappa shape index (κ1) is 20.8. The van der Waals surface area contributed by atoms with Crippen LogP contribution in [-0.4, -0.2) is 19.1 Å². The van der Waals surface area contributed by atoms with E-state index in [2.05, 4.69) is 17.5 Å². The topological polar surface area (TPSA) is 51.5 Å². The minimum Gasteiger partial charge on any atom is -0.493 e. The third-order valence-electron chi connectivity index (χ3n) is 6.26. The van der Waals surface area contributed by atoms with Crippen molar-refractivity contribution in [3.8, 4) is 5.75 Å². The molecule has 0 unspecified atom stereocenters. The first-order valence-electron chi connectivity index (χ1n) is 11.5. The second kappa shape index (κ2) is 9.55. The van der Waals surface area contributed by atoms with E-state index < -0.39 is 0 Å². The molecule has 0 radical (unpaired) electrons. The molecular formula is C26H33NO3. The SMILES string of the molecule is CCOc1cc2oc3c(c2cc1/C(C)=C/C(=O)NCCC1=CCCCC1)CCCC3. The van der Waals surface area contributed by atoms with Gasteiger partial charge in [-0.2, -0.15) is 0 Å². The lowest BCUT2D eigenvalue weighted by atomic mass is 9.94. The van der Waals surface area contributed by atoms with E-state index in [1.807, 2.05) is 19.9 Å². The zero-order chi connectivity index (χ0) is 20.9. The molecule has 4 rings (SSSR count). The van der Waals surface area contributed by atoms with Gasteiger partial charge in [-0.15, -0.1) is 0 Å². The van der Waals surface area contributed by atoms with Gasteiger partial charge >= 0.3 is 0 Å². The van der Waals surface area contributed by atoms with Crippen LogP contribution in [0.2, 0.25) is 0 Å². The lowest BCUT2D eigenvalue weighted by Crippen LogP contribution is -2.23. The van der Waals surface area contributed by atoms with Gasteiger partial charge in [0.15, 0.2) is 0 Å². The van der Waals surface area contributed by atoms with Crippen molar-refractivity contribution in [2.75, 3.05) is 13.2 Å². The smallest absolute Gasteiger partial charge is 0.244 e. The lowest BCUT2D eigenvalue weighted by Gasteiger charge is -2.13. The van der Waals surface area contributed by atoms with E-state index in [4.69, 9.17) is 9.15 Å². The minimum absolute atomic E-state index is 0.0410. The molecule has 0 saturated heterocycles. The molecule has 2 aliphatic rings. The summed E-state index contributed by atoms with van der Waals surface area (Å²) in [4.78, 5) is 12.5. The van der Waals surface area contributed by atoms with Crippen LogP contribution in [0.5, 0.6) is 5.75 Å². The third-order valence-corrected chi connectivity index (χ3v) is 6.26. The summed E-state index contributed by atoms with van der Waals surface area (Å²) in [6, 6.07) is 4.15. The fraction of sp³-hybridized carbons (Fsp3) is 0.500. The zero-order valence-electron chi connectivity index (χ0n) is 18.3. The summed E-state index contributed by atoms with van der Waals surface area (Å²) in [5, 5.41) is 4.22. The molecule has 2 aliphatic carbocycles. The number of hydrogen-bond acceptors (Lipinski definition) is 3. The number of furan rings is 1. The summed E-state index contributed by atoms with van der Waals surface area (Å²) in [5.74, 6) is 1.86. The molecule has 0 atom stereocenters. The standard InChI is InChI=1S/C26H33NO3/c1-3-29-24-17-25-22(20-11-7-8-12-23(20)30-25)16-21(24)18(2)15-26(28)27-14-13-19-9-5-4-6-10-19/h9,15-17H,3-8,10-14H2,1-2H3,(H,27,28)/b18-15+. The molecule has 0 aliphatic heterocycles. The van der Waals surface area contributed by atoms with Gasteiger partial charge in [0.1, 0.15) is 17.1 Å². The molecule has 4 heteroatoms. The van der Waals surface area contributed by atoms with Gasteiger partial charge in [0.25, 0.3) is 0 Å². The Balaban J connectivity index is 1.52. The van der Waals surface area contributed by atoms with Crippen LogP contribution in [0.15, 0.2) is 34.3 Å². The average Bonchev–Trinajstić information content (AvgIpc) is 3.11. The molecule has 1 amide bonds. The Kier molecular flexibility index (Phi) is 6.61. The average molecular weight is 408 g/mol. The van der Waals surface area contributed by atoms with Gasteiger partial charge < -0.3 is 14.5 Å². The highest BCUT2D eigenvalue weighted by Gasteiger charge is 2.20. The number of carbonyl (C=O) groups is 1. The molecular weight excluding hydrogens is 374 g/mol. The van der Waals surface area contributed by atoms with E-state index in [0.717, 1.165) is 47.5 Å². The van der Waals surface area contributed by atoms with Gasteiger partial charge in [-0.25, -0.2) is 0 Å². The fourth-order valence-electron chi connectivity index (χ4n) is 4.68. The highest BCUT2D eigenvalue weighted by Crippen LogP contribution is 2.38. The molecule has 0 spiro atoms.